The van der Waals surface area contributed by atoms with Crippen LogP contribution in [0.5, 0.6) is 0 Å². The highest BCUT2D eigenvalue weighted by Gasteiger charge is 2.21. The summed E-state index contributed by atoms with van der Waals surface area (Å²) in [6, 6.07) is 0. The van der Waals surface area contributed by atoms with E-state index < -0.39 is 0 Å². The van der Waals surface area contributed by atoms with Crippen molar-refractivity contribution in [2.45, 2.75) is 45.1 Å². The molecule has 0 heterocycles. The summed E-state index contributed by atoms with van der Waals surface area (Å²) in [5, 5.41) is 9.47. The first-order chi connectivity index (χ1) is 8.26. The molecule has 17 heavy (non-hydrogen) atoms. The highest BCUT2D eigenvalue weighted by atomic mass is 16.5. The first kappa shape index (κ1) is 14.3. The number of allylic oxidation sites excluding steroid dienone is 3. The Morgan fingerprint density at radius 3 is 2.88 bits per heavy atom. The average molecular weight is 239 g/mol. The molecule has 0 aliphatic heterocycles. The van der Waals surface area contributed by atoms with Crippen LogP contribution < -0.4 is 5.73 Å². The van der Waals surface area contributed by atoms with Gasteiger partial charge < -0.3 is 15.6 Å². The van der Waals surface area contributed by atoms with E-state index in [-0.39, 0.29) is 6.10 Å². The second-order valence-electron chi connectivity index (χ2n) is 4.64. The molecule has 1 aliphatic rings. The lowest BCUT2D eigenvalue weighted by Crippen LogP contribution is -2.11. The minimum Gasteiger partial charge on any atom is -0.498 e. The van der Waals surface area contributed by atoms with Gasteiger partial charge in [-0.05, 0) is 44.2 Å². The number of aliphatic hydroxyl groups excluding tert-OH is 1. The normalized spacial score (nSPS) is 18.6. The zero-order valence-electron chi connectivity index (χ0n) is 10.8. The molecule has 1 fully saturated rings. The first-order valence-electron chi connectivity index (χ1n) is 6.62. The van der Waals surface area contributed by atoms with Crippen LogP contribution in [0.1, 0.15) is 39.0 Å². The summed E-state index contributed by atoms with van der Waals surface area (Å²) in [5.74, 6) is 1.82. The van der Waals surface area contributed by atoms with Crippen molar-refractivity contribution in [1.82, 2.24) is 0 Å². The van der Waals surface area contributed by atoms with Gasteiger partial charge in [0.05, 0.1) is 18.5 Å². The second-order valence-corrected chi connectivity index (χ2v) is 4.64. The fraction of sp³-hybridized carbons (Fsp3) is 0.714. The van der Waals surface area contributed by atoms with Crippen molar-refractivity contribution in [2.24, 2.45) is 11.7 Å². The maximum atomic E-state index is 9.47. The number of nitrogens with two attached hydrogens (primary N) is 1. The van der Waals surface area contributed by atoms with Crippen LogP contribution in [0.25, 0.3) is 0 Å². The predicted molar refractivity (Wildman–Crippen MR) is 70.5 cm³/mol. The summed E-state index contributed by atoms with van der Waals surface area (Å²) in [5.41, 5.74) is 5.36. The van der Waals surface area contributed by atoms with Crippen LogP contribution in [-0.4, -0.2) is 24.4 Å². The largest absolute Gasteiger partial charge is 0.498 e. The van der Waals surface area contributed by atoms with Crippen molar-refractivity contribution in [1.29, 1.82) is 0 Å². The minimum absolute atomic E-state index is 0.317. The van der Waals surface area contributed by atoms with E-state index in [1.807, 2.05) is 18.2 Å². The highest BCUT2D eigenvalue weighted by molar-refractivity contribution is 5.07. The average Bonchev–Trinajstić information content (AvgIpc) is 3.12. The van der Waals surface area contributed by atoms with Crippen molar-refractivity contribution >= 4 is 0 Å². The van der Waals surface area contributed by atoms with Crippen LogP contribution in [0.3, 0.4) is 0 Å². The van der Waals surface area contributed by atoms with E-state index in [4.69, 9.17) is 10.5 Å². The van der Waals surface area contributed by atoms with Crippen LogP contribution in [0, 0.1) is 5.92 Å². The molecule has 0 aromatic carbocycles. The van der Waals surface area contributed by atoms with Crippen molar-refractivity contribution in [3.8, 4) is 0 Å². The molecule has 1 rings (SSSR count). The first-order valence-corrected chi connectivity index (χ1v) is 6.62. The van der Waals surface area contributed by atoms with Crippen LogP contribution in [-0.2, 0) is 4.74 Å². The van der Waals surface area contributed by atoms with Gasteiger partial charge in [-0.2, -0.15) is 0 Å². The van der Waals surface area contributed by atoms with Crippen LogP contribution in [0.4, 0.5) is 0 Å². The Morgan fingerprint density at radius 1 is 1.53 bits per heavy atom. The number of rotatable bonds is 9. The minimum atomic E-state index is -0.317. The third-order valence-electron chi connectivity index (χ3n) is 2.88. The Bertz CT molecular complexity index is 257. The molecule has 3 nitrogen and oxygen atoms in total. The smallest absolute Gasteiger partial charge is 0.0956 e. The van der Waals surface area contributed by atoms with E-state index in [2.05, 4.69) is 6.92 Å². The molecule has 0 aromatic rings. The zero-order chi connectivity index (χ0) is 12.5. The molecule has 1 aliphatic carbocycles. The summed E-state index contributed by atoms with van der Waals surface area (Å²) in [6.07, 6.45) is 10.5. The third-order valence-corrected chi connectivity index (χ3v) is 2.88. The van der Waals surface area contributed by atoms with Crippen molar-refractivity contribution in [2.75, 3.05) is 13.2 Å². The molecule has 1 atom stereocenters. The number of ether oxygens (including phenoxy) is 1. The Kier molecular flexibility index (Phi) is 6.97. The van der Waals surface area contributed by atoms with Gasteiger partial charge in [-0.15, -0.1) is 0 Å². The standard InChI is InChI=1S/C14H25NO2/c1-2-14(17-11-12-7-8-12)6-4-3-5-13(16)9-10-15/h3-4,6,12-13,16H,2,5,7-11,15H2,1H3/b4-3-,14-6+. The van der Waals surface area contributed by atoms with Crippen molar-refractivity contribution in [3.63, 3.8) is 0 Å². The third kappa shape index (κ3) is 7.18. The molecule has 0 spiro atoms. The van der Waals surface area contributed by atoms with E-state index in [0.29, 0.717) is 19.4 Å². The molecule has 0 bridgehead atoms. The van der Waals surface area contributed by atoms with Gasteiger partial charge in [0.15, 0.2) is 0 Å². The lowest BCUT2D eigenvalue weighted by atomic mass is 10.2. The monoisotopic (exact) mass is 239 g/mol. The molecular formula is C14H25NO2. The Labute approximate surface area is 104 Å². The summed E-state index contributed by atoms with van der Waals surface area (Å²) in [4.78, 5) is 0. The van der Waals surface area contributed by atoms with Crippen molar-refractivity contribution in [3.05, 3.63) is 24.0 Å². The second kappa shape index (κ2) is 8.31. The summed E-state index contributed by atoms with van der Waals surface area (Å²) in [7, 11) is 0. The predicted octanol–water partition coefficient (Wildman–Crippen LogP) is 2.36. The Morgan fingerprint density at radius 2 is 2.29 bits per heavy atom. The van der Waals surface area contributed by atoms with Gasteiger partial charge in [0.1, 0.15) is 0 Å². The molecule has 0 saturated heterocycles. The summed E-state index contributed by atoms with van der Waals surface area (Å²) < 4.78 is 5.70. The number of hydrogen-bond acceptors (Lipinski definition) is 3. The van der Waals surface area contributed by atoms with E-state index in [0.717, 1.165) is 24.7 Å². The van der Waals surface area contributed by atoms with E-state index in [1.165, 1.54) is 12.8 Å². The number of aliphatic hydroxyl groups is 1. The van der Waals surface area contributed by atoms with E-state index in [9.17, 15) is 5.11 Å². The Hall–Kier alpha value is -0.800. The quantitative estimate of drug-likeness (QED) is 0.480. The van der Waals surface area contributed by atoms with Gasteiger partial charge >= 0.3 is 0 Å². The van der Waals surface area contributed by atoms with Gasteiger partial charge in [-0.1, -0.05) is 19.1 Å². The summed E-state index contributed by atoms with van der Waals surface area (Å²) >= 11 is 0. The molecule has 0 amide bonds. The Balaban J connectivity index is 2.19. The fourth-order valence-corrected chi connectivity index (χ4v) is 1.50. The van der Waals surface area contributed by atoms with Gasteiger partial charge in [0.2, 0.25) is 0 Å². The molecule has 0 radical (unpaired) electrons. The molecule has 0 aromatic heterocycles. The van der Waals surface area contributed by atoms with Gasteiger partial charge in [-0.25, -0.2) is 0 Å². The molecule has 3 N–H and O–H groups in total. The molecular weight excluding hydrogens is 214 g/mol. The van der Waals surface area contributed by atoms with Crippen LogP contribution >= 0.6 is 0 Å². The van der Waals surface area contributed by atoms with E-state index >= 15 is 0 Å². The topological polar surface area (TPSA) is 55.5 Å². The van der Waals surface area contributed by atoms with E-state index in [1.54, 1.807) is 0 Å². The van der Waals surface area contributed by atoms with Gasteiger partial charge in [-0.3, -0.25) is 0 Å². The zero-order valence-corrected chi connectivity index (χ0v) is 10.8. The molecule has 3 heteroatoms. The lowest BCUT2D eigenvalue weighted by molar-refractivity contribution is 0.170. The SMILES string of the molecule is CC/C(=C\C=C/CC(O)CCN)OCC1CC1. The van der Waals surface area contributed by atoms with Crippen molar-refractivity contribution < 1.29 is 9.84 Å². The molecule has 1 unspecified atom stereocenters. The van der Waals surface area contributed by atoms with Crippen LogP contribution in [0.2, 0.25) is 0 Å². The summed E-state index contributed by atoms with van der Waals surface area (Å²) in [6.45, 7) is 3.49. The lowest BCUT2D eigenvalue weighted by Gasteiger charge is -2.07. The molecule has 98 valence electrons. The van der Waals surface area contributed by atoms with Gasteiger partial charge in [0, 0.05) is 6.42 Å². The van der Waals surface area contributed by atoms with Gasteiger partial charge in [0.25, 0.3) is 0 Å². The maximum Gasteiger partial charge on any atom is 0.0956 e. The molecule has 1 saturated carbocycles. The fourth-order valence-electron chi connectivity index (χ4n) is 1.50. The maximum absolute atomic E-state index is 9.47. The van der Waals surface area contributed by atoms with Crippen LogP contribution in [0.15, 0.2) is 24.0 Å². The number of hydrogen-bond donors (Lipinski definition) is 2. The highest BCUT2D eigenvalue weighted by Crippen LogP contribution is 2.29.